The zero-order valence-corrected chi connectivity index (χ0v) is 13.4. The molecule has 2 aromatic carbocycles. The molecule has 23 heavy (non-hydrogen) atoms. The molecule has 5 rings (SSSR count). The van der Waals surface area contributed by atoms with Gasteiger partial charge in [0.2, 0.25) is 0 Å². The van der Waals surface area contributed by atoms with Gasteiger partial charge in [-0.1, -0.05) is 46.3 Å². The molecule has 5 nitrogen and oxygen atoms in total. The van der Waals surface area contributed by atoms with E-state index in [1.807, 2.05) is 48.5 Å². The summed E-state index contributed by atoms with van der Waals surface area (Å²) in [4.78, 5) is 12.3. The SMILES string of the molecule is Brc1ccc(-c2cnc3nc4[nH]c5ccccc5c4nn23)cc1. The van der Waals surface area contributed by atoms with Crippen molar-refractivity contribution in [2.45, 2.75) is 0 Å². The van der Waals surface area contributed by atoms with Crippen LogP contribution < -0.4 is 0 Å². The summed E-state index contributed by atoms with van der Waals surface area (Å²) < 4.78 is 2.84. The van der Waals surface area contributed by atoms with E-state index in [0.29, 0.717) is 5.78 Å². The van der Waals surface area contributed by atoms with Crippen LogP contribution >= 0.6 is 15.9 Å². The number of rotatable bonds is 1. The molecule has 0 amide bonds. The van der Waals surface area contributed by atoms with Gasteiger partial charge in [0.1, 0.15) is 5.52 Å². The number of hydrogen-bond acceptors (Lipinski definition) is 3. The average molecular weight is 364 g/mol. The molecular formula is C17H10BrN5. The van der Waals surface area contributed by atoms with Gasteiger partial charge in [-0.15, -0.1) is 0 Å². The van der Waals surface area contributed by atoms with E-state index in [-0.39, 0.29) is 0 Å². The second-order valence-corrected chi connectivity index (χ2v) is 6.26. The van der Waals surface area contributed by atoms with Crippen molar-refractivity contribution < 1.29 is 0 Å². The van der Waals surface area contributed by atoms with Gasteiger partial charge >= 0.3 is 0 Å². The topological polar surface area (TPSA) is 58.9 Å². The normalized spacial score (nSPS) is 11.7. The fourth-order valence-corrected chi connectivity index (χ4v) is 3.09. The Hall–Kier alpha value is -2.73. The first-order chi connectivity index (χ1) is 11.3. The highest BCUT2D eigenvalue weighted by Gasteiger charge is 2.13. The molecule has 1 N–H and O–H groups in total. The minimum absolute atomic E-state index is 0.585. The van der Waals surface area contributed by atoms with Crippen molar-refractivity contribution in [1.82, 2.24) is 24.6 Å². The molecule has 0 aliphatic rings. The molecule has 0 saturated carbocycles. The van der Waals surface area contributed by atoms with Crippen LogP contribution in [0.15, 0.2) is 59.2 Å². The number of benzene rings is 2. The van der Waals surface area contributed by atoms with E-state index in [0.717, 1.165) is 37.8 Å². The maximum Gasteiger partial charge on any atom is 0.253 e. The van der Waals surface area contributed by atoms with Crippen LogP contribution in [0.5, 0.6) is 0 Å². The molecule has 3 aromatic heterocycles. The van der Waals surface area contributed by atoms with E-state index in [1.165, 1.54) is 0 Å². The van der Waals surface area contributed by atoms with Crippen molar-refractivity contribution in [2.75, 3.05) is 0 Å². The van der Waals surface area contributed by atoms with Crippen molar-refractivity contribution in [1.29, 1.82) is 0 Å². The average Bonchev–Trinajstić information content (AvgIpc) is 3.14. The Bertz CT molecular complexity index is 1170. The van der Waals surface area contributed by atoms with Crippen LogP contribution in [0.3, 0.4) is 0 Å². The van der Waals surface area contributed by atoms with Gasteiger partial charge in [0.05, 0.1) is 11.9 Å². The quantitative estimate of drug-likeness (QED) is 0.485. The summed E-state index contributed by atoms with van der Waals surface area (Å²) in [6.07, 6.45) is 1.81. The highest BCUT2D eigenvalue weighted by atomic mass is 79.9. The van der Waals surface area contributed by atoms with Gasteiger partial charge in [0.15, 0.2) is 5.65 Å². The lowest BCUT2D eigenvalue weighted by molar-refractivity contribution is 0.949. The summed E-state index contributed by atoms with van der Waals surface area (Å²) in [6.45, 7) is 0. The van der Waals surface area contributed by atoms with Crippen LogP contribution in [0.4, 0.5) is 0 Å². The molecule has 0 bridgehead atoms. The lowest BCUT2D eigenvalue weighted by atomic mass is 10.2. The largest absolute Gasteiger partial charge is 0.338 e. The number of fused-ring (bicyclic) bond motifs is 4. The molecule has 0 aliphatic carbocycles. The second-order valence-electron chi connectivity index (χ2n) is 5.34. The summed E-state index contributed by atoms with van der Waals surface area (Å²) in [5.74, 6) is 0.585. The molecule has 0 saturated heterocycles. The number of aromatic amines is 1. The Morgan fingerprint density at radius 3 is 2.70 bits per heavy atom. The van der Waals surface area contributed by atoms with Gasteiger partial charge in [-0.05, 0) is 18.2 Å². The first-order valence-electron chi connectivity index (χ1n) is 7.18. The van der Waals surface area contributed by atoms with E-state index in [2.05, 4.69) is 30.9 Å². The van der Waals surface area contributed by atoms with E-state index in [9.17, 15) is 0 Å². The van der Waals surface area contributed by atoms with Gasteiger partial charge in [0, 0.05) is 20.9 Å². The number of halogens is 1. The predicted molar refractivity (Wildman–Crippen MR) is 93.3 cm³/mol. The summed E-state index contributed by atoms with van der Waals surface area (Å²) in [5, 5.41) is 5.84. The number of aromatic nitrogens is 5. The number of para-hydroxylation sites is 1. The molecule has 0 atom stereocenters. The highest BCUT2D eigenvalue weighted by molar-refractivity contribution is 9.10. The van der Waals surface area contributed by atoms with Gasteiger partial charge < -0.3 is 4.98 Å². The van der Waals surface area contributed by atoms with E-state index in [4.69, 9.17) is 5.10 Å². The zero-order chi connectivity index (χ0) is 15.4. The monoisotopic (exact) mass is 363 g/mol. The number of imidazole rings is 1. The van der Waals surface area contributed by atoms with Gasteiger partial charge in [-0.2, -0.15) is 14.6 Å². The predicted octanol–water partition coefficient (Wildman–Crippen LogP) is 4.19. The Morgan fingerprint density at radius 2 is 1.83 bits per heavy atom. The molecule has 0 aliphatic heterocycles. The maximum atomic E-state index is 4.77. The molecule has 110 valence electrons. The molecule has 0 spiro atoms. The standard InChI is InChI=1S/C17H10BrN5/c18-11-7-5-10(6-8-11)14-9-19-17-21-16-15(22-23(14)17)12-3-1-2-4-13(12)20-16/h1-9H,(H,19,20,21). The summed E-state index contributed by atoms with van der Waals surface area (Å²) in [7, 11) is 0. The minimum atomic E-state index is 0.585. The fraction of sp³-hybridized carbons (Fsp3) is 0. The van der Waals surface area contributed by atoms with Crippen LogP contribution in [0.1, 0.15) is 0 Å². The van der Waals surface area contributed by atoms with Gasteiger partial charge in [0.25, 0.3) is 5.78 Å². The van der Waals surface area contributed by atoms with Crippen molar-refractivity contribution in [3.05, 3.63) is 59.2 Å². The smallest absolute Gasteiger partial charge is 0.253 e. The number of hydrogen-bond donors (Lipinski definition) is 1. The van der Waals surface area contributed by atoms with Gasteiger partial charge in [-0.3, -0.25) is 0 Å². The molecule has 5 aromatic rings. The summed E-state index contributed by atoms with van der Waals surface area (Å²) in [5.41, 5.74) is 4.61. The van der Waals surface area contributed by atoms with E-state index >= 15 is 0 Å². The first-order valence-corrected chi connectivity index (χ1v) is 7.97. The van der Waals surface area contributed by atoms with Crippen molar-refractivity contribution in [2.24, 2.45) is 0 Å². The van der Waals surface area contributed by atoms with E-state index < -0.39 is 0 Å². The van der Waals surface area contributed by atoms with Crippen LogP contribution in [-0.4, -0.2) is 24.6 Å². The fourth-order valence-electron chi connectivity index (χ4n) is 2.82. The summed E-state index contributed by atoms with van der Waals surface area (Å²) >= 11 is 3.46. The molecule has 0 unspecified atom stereocenters. The molecule has 6 heteroatoms. The molecule has 0 fully saturated rings. The molecule has 0 radical (unpaired) electrons. The van der Waals surface area contributed by atoms with Crippen LogP contribution in [0.25, 0.3) is 39.1 Å². The van der Waals surface area contributed by atoms with Gasteiger partial charge in [-0.25, -0.2) is 4.98 Å². The third kappa shape index (κ3) is 1.88. The lowest BCUT2D eigenvalue weighted by Crippen LogP contribution is -1.97. The zero-order valence-electron chi connectivity index (χ0n) is 11.9. The third-order valence-corrected chi connectivity index (χ3v) is 4.46. The van der Waals surface area contributed by atoms with Crippen LogP contribution in [0.2, 0.25) is 0 Å². The third-order valence-electron chi connectivity index (χ3n) is 3.93. The van der Waals surface area contributed by atoms with Crippen LogP contribution in [0, 0.1) is 0 Å². The Kier molecular flexibility index (Phi) is 2.57. The maximum absolute atomic E-state index is 4.77. The first kappa shape index (κ1) is 12.8. The molecular weight excluding hydrogens is 354 g/mol. The minimum Gasteiger partial charge on any atom is -0.338 e. The van der Waals surface area contributed by atoms with Crippen molar-refractivity contribution in [3.8, 4) is 11.3 Å². The lowest BCUT2D eigenvalue weighted by Gasteiger charge is -2.01. The van der Waals surface area contributed by atoms with Crippen molar-refractivity contribution in [3.63, 3.8) is 0 Å². The molecule has 3 heterocycles. The number of nitrogens with zero attached hydrogens (tertiary/aromatic N) is 4. The van der Waals surface area contributed by atoms with Crippen LogP contribution in [-0.2, 0) is 0 Å². The number of H-pyrrole nitrogens is 1. The Labute approximate surface area is 139 Å². The highest BCUT2D eigenvalue weighted by Crippen LogP contribution is 2.25. The Balaban J connectivity index is 1.84. The Morgan fingerprint density at radius 1 is 1.00 bits per heavy atom. The van der Waals surface area contributed by atoms with Crippen molar-refractivity contribution >= 4 is 43.8 Å². The number of nitrogens with one attached hydrogen (secondary N) is 1. The summed E-state index contributed by atoms with van der Waals surface area (Å²) in [6, 6.07) is 16.2. The second kappa shape index (κ2) is 4.63. The van der Waals surface area contributed by atoms with E-state index in [1.54, 1.807) is 10.7 Å².